The van der Waals surface area contributed by atoms with Crippen molar-refractivity contribution >= 4 is 34.0 Å². The van der Waals surface area contributed by atoms with Crippen LogP contribution in [0.15, 0.2) is 54.6 Å². The van der Waals surface area contributed by atoms with Crippen molar-refractivity contribution in [2.24, 2.45) is 0 Å². The number of nitrogens with zero attached hydrogens (tertiary/aromatic N) is 2. The summed E-state index contributed by atoms with van der Waals surface area (Å²) in [7, 11) is 0. The van der Waals surface area contributed by atoms with Crippen molar-refractivity contribution in [3.05, 3.63) is 59.6 Å². The number of halogens is 1. The zero-order chi connectivity index (χ0) is 16.9. The van der Waals surface area contributed by atoms with Gasteiger partial charge in [0.15, 0.2) is 6.10 Å². The topological polar surface area (TPSA) is 64.1 Å². The molecule has 3 rings (SSSR count). The molecule has 3 aromatic rings. The predicted molar refractivity (Wildman–Crippen MR) is 95.5 cm³/mol. The van der Waals surface area contributed by atoms with Gasteiger partial charge in [0.2, 0.25) is 5.13 Å². The zero-order valence-corrected chi connectivity index (χ0v) is 14.3. The Kier molecular flexibility index (Phi) is 5.08. The van der Waals surface area contributed by atoms with Crippen LogP contribution in [0, 0.1) is 0 Å². The van der Waals surface area contributed by atoms with Gasteiger partial charge in [-0.1, -0.05) is 59.3 Å². The molecule has 0 spiro atoms. The van der Waals surface area contributed by atoms with Crippen molar-refractivity contribution in [1.29, 1.82) is 0 Å². The molecule has 122 valence electrons. The monoisotopic (exact) mass is 359 g/mol. The van der Waals surface area contributed by atoms with Crippen LogP contribution in [0.1, 0.15) is 6.92 Å². The molecule has 2 aromatic carbocycles. The van der Waals surface area contributed by atoms with Crippen molar-refractivity contribution in [3.8, 4) is 16.3 Å². The molecule has 24 heavy (non-hydrogen) atoms. The van der Waals surface area contributed by atoms with E-state index in [2.05, 4.69) is 15.5 Å². The third kappa shape index (κ3) is 4.10. The van der Waals surface area contributed by atoms with E-state index in [-0.39, 0.29) is 5.91 Å². The van der Waals surface area contributed by atoms with Gasteiger partial charge < -0.3 is 4.74 Å². The lowest BCUT2D eigenvalue weighted by Crippen LogP contribution is -2.30. The van der Waals surface area contributed by atoms with Crippen LogP contribution in [-0.4, -0.2) is 22.2 Å². The van der Waals surface area contributed by atoms with Gasteiger partial charge in [-0.3, -0.25) is 10.1 Å². The van der Waals surface area contributed by atoms with Crippen LogP contribution in [0.3, 0.4) is 0 Å². The fourth-order valence-corrected chi connectivity index (χ4v) is 2.91. The normalized spacial score (nSPS) is 11.8. The van der Waals surface area contributed by atoms with Gasteiger partial charge in [0, 0.05) is 10.6 Å². The summed E-state index contributed by atoms with van der Waals surface area (Å²) in [5, 5.41) is 12.5. The molecule has 1 amide bonds. The van der Waals surface area contributed by atoms with Gasteiger partial charge in [-0.15, -0.1) is 10.2 Å². The van der Waals surface area contributed by atoms with E-state index >= 15 is 0 Å². The summed E-state index contributed by atoms with van der Waals surface area (Å²) >= 11 is 7.21. The number of benzene rings is 2. The number of anilines is 1. The summed E-state index contributed by atoms with van der Waals surface area (Å²) in [6.45, 7) is 1.66. The molecule has 1 N–H and O–H groups in total. The van der Waals surface area contributed by atoms with Gasteiger partial charge in [0.25, 0.3) is 5.91 Å². The molecule has 0 aliphatic carbocycles. The molecule has 1 heterocycles. The Bertz CT molecular complexity index is 839. The number of ether oxygens (including phenoxy) is 1. The first-order valence-electron chi connectivity index (χ1n) is 7.24. The molecule has 0 unspecified atom stereocenters. The Morgan fingerprint density at radius 2 is 1.96 bits per heavy atom. The molecule has 0 saturated heterocycles. The lowest BCUT2D eigenvalue weighted by molar-refractivity contribution is -0.122. The molecule has 0 radical (unpaired) electrons. The highest BCUT2D eigenvalue weighted by Crippen LogP contribution is 2.26. The summed E-state index contributed by atoms with van der Waals surface area (Å²) in [6, 6.07) is 16.6. The second kappa shape index (κ2) is 7.42. The predicted octanol–water partition coefficient (Wildman–Crippen LogP) is 4.26. The van der Waals surface area contributed by atoms with Crippen LogP contribution in [0.25, 0.3) is 10.6 Å². The number of hydrogen-bond donors (Lipinski definition) is 1. The number of carbonyl (C=O) groups excluding carboxylic acids is 1. The maximum absolute atomic E-state index is 12.2. The molecule has 0 fully saturated rings. The molecule has 0 bridgehead atoms. The first-order chi connectivity index (χ1) is 11.6. The van der Waals surface area contributed by atoms with E-state index in [1.54, 1.807) is 31.2 Å². The standard InChI is InChI=1S/C17H14ClN3O2S/c1-11(23-14-9-5-8-13(18)10-14)15(22)19-17-21-20-16(24-17)12-6-3-2-4-7-12/h2-11H,1H3,(H,19,21,22)/t11-/m0/s1. The molecule has 7 heteroatoms. The van der Waals surface area contributed by atoms with Crippen molar-refractivity contribution in [1.82, 2.24) is 10.2 Å². The van der Waals surface area contributed by atoms with Crippen molar-refractivity contribution in [2.75, 3.05) is 5.32 Å². The van der Waals surface area contributed by atoms with Gasteiger partial charge in [-0.2, -0.15) is 0 Å². The number of nitrogens with one attached hydrogen (secondary N) is 1. The van der Waals surface area contributed by atoms with E-state index < -0.39 is 6.10 Å². The minimum Gasteiger partial charge on any atom is -0.481 e. The SMILES string of the molecule is C[C@H](Oc1cccc(Cl)c1)C(=O)Nc1nnc(-c2ccccc2)s1. The van der Waals surface area contributed by atoms with E-state index in [1.165, 1.54) is 11.3 Å². The van der Waals surface area contributed by atoms with Crippen LogP contribution in [0.2, 0.25) is 5.02 Å². The number of carbonyl (C=O) groups is 1. The average molecular weight is 360 g/mol. The van der Waals surface area contributed by atoms with Crippen molar-refractivity contribution < 1.29 is 9.53 Å². The molecule has 1 atom stereocenters. The van der Waals surface area contributed by atoms with E-state index in [4.69, 9.17) is 16.3 Å². The van der Waals surface area contributed by atoms with Crippen LogP contribution in [0.5, 0.6) is 5.75 Å². The fraction of sp³-hybridized carbons (Fsp3) is 0.118. The molecule has 5 nitrogen and oxygen atoms in total. The number of hydrogen-bond acceptors (Lipinski definition) is 5. The lowest BCUT2D eigenvalue weighted by atomic mass is 10.2. The third-order valence-electron chi connectivity index (χ3n) is 3.15. The maximum atomic E-state index is 12.2. The van der Waals surface area contributed by atoms with Crippen LogP contribution in [-0.2, 0) is 4.79 Å². The van der Waals surface area contributed by atoms with Crippen LogP contribution >= 0.6 is 22.9 Å². The second-order valence-electron chi connectivity index (χ2n) is 4.99. The smallest absolute Gasteiger partial charge is 0.266 e. The Morgan fingerprint density at radius 3 is 2.71 bits per heavy atom. The first kappa shape index (κ1) is 16.4. The highest BCUT2D eigenvalue weighted by Gasteiger charge is 2.17. The molecular weight excluding hydrogens is 346 g/mol. The van der Waals surface area contributed by atoms with Gasteiger partial charge in [0.05, 0.1) is 0 Å². The van der Waals surface area contributed by atoms with Crippen LogP contribution in [0.4, 0.5) is 5.13 Å². The maximum Gasteiger partial charge on any atom is 0.266 e. The Morgan fingerprint density at radius 1 is 1.17 bits per heavy atom. The third-order valence-corrected chi connectivity index (χ3v) is 4.28. The summed E-state index contributed by atoms with van der Waals surface area (Å²) in [4.78, 5) is 12.2. The quantitative estimate of drug-likeness (QED) is 0.739. The van der Waals surface area contributed by atoms with Crippen LogP contribution < -0.4 is 10.1 Å². The first-order valence-corrected chi connectivity index (χ1v) is 8.43. The molecule has 0 saturated carbocycles. The van der Waals surface area contributed by atoms with E-state index in [1.807, 2.05) is 30.3 Å². The van der Waals surface area contributed by atoms with E-state index in [9.17, 15) is 4.79 Å². The minimum atomic E-state index is -0.687. The summed E-state index contributed by atoms with van der Waals surface area (Å²) in [6.07, 6.45) is -0.687. The summed E-state index contributed by atoms with van der Waals surface area (Å²) in [5.41, 5.74) is 0.957. The summed E-state index contributed by atoms with van der Waals surface area (Å²) < 4.78 is 5.58. The molecular formula is C17H14ClN3O2S. The van der Waals surface area contributed by atoms with Crippen molar-refractivity contribution in [2.45, 2.75) is 13.0 Å². The highest BCUT2D eigenvalue weighted by molar-refractivity contribution is 7.18. The summed E-state index contributed by atoms with van der Waals surface area (Å²) in [5.74, 6) is 0.234. The molecule has 0 aliphatic heterocycles. The van der Waals surface area contributed by atoms with Crippen molar-refractivity contribution in [3.63, 3.8) is 0 Å². The number of amides is 1. The van der Waals surface area contributed by atoms with Gasteiger partial charge in [0.1, 0.15) is 10.8 Å². The van der Waals surface area contributed by atoms with E-state index in [0.717, 1.165) is 10.6 Å². The fourth-order valence-electron chi connectivity index (χ4n) is 1.98. The van der Waals surface area contributed by atoms with E-state index in [0.29, 0.717) is 15.9 Å². The van der Waals surface area contributed by atoms with Gasteiger partial charge in [-0.05, 0) is 25.1 Å². The lowest BCUT2D eigenvalue weighted by Gasteiger charge is -2.13. The number of aromatic nitrogens is 2. The number of rotatable bonds is 5. The molecule has 0 aliphatic rings. The highest BCUT2D eigenvalue weighted by atomic mass is 35.5. The Labute approximate surface area is 148 Å². The minimum absolute atomic E-state index is 0.300. The molecule has 1 aromatic heterocycles. The Balaban J connectivity index is 1.63. The average Bonchev–Trinajstić information content (AvgIpc) is 3.04. The Hall–Kier alpha value is -2.44. The zero-order valence-electron chi connectivity index (χ0n) is 12.8. The van der Waals surface area contributed by atoms with Gasteiger partial charge in [-0.25, -0.2) is 0 Å². The largest absolute Gasteiger partial charge is 0.481 e. The second-order valence-corrected chi connectivity index (χ2v) is 6.40. The van der Waals surface area contributed by atoms with Gasteiger partial charge >= 0.3 is 0 Å².